The molecule has 3 N–H and O–H groups in total. The van der Waals surface area contributed by atoms with Gasteiger partial charge in [-0.2, -0.15) is 5.10 Å². The molecule has 1 rings (SSSR count). The molecule has 0 spiro atoms. The number of rotatable bonds is 4. The van der Waals surface area contributed by atoms with Crippen LogP contribution < -0.4 is 15.5 Å². The summed E-state index contributed by atoms with van der Waals surface area (Å²) in [5, 5.41) is 11.4. The van der Waals surface area contributed by atoms with E-state index in [1.165, 1.54) is 4.90 Å². The molecule has 17 heavy (non-hydrogen) atoms. The van der Waals surface area contributed by atoms with Gasteiger partial charge in [-0.05, 0) is 26.1 Å². The first-order chi connectivity index (χ1) is 7.91. The number of hydrogen-bond acceptors (Lipinski definition) is 2. The molecule has 0 aromatic carbocycles. The highest BCUT2D eigenvalue weighted by Gasteiger charge is 2.10. The van der Waals surface area contributed by atoms with Gasteiger partial charge in [-0.1, -0.05) is 0 Å². The summed E-state index contributed by atoms with van der Waals surface area (Å²) >= 11 is 5.25. The van der Waals surface area contributed by atoms with Crippen LogP contribution in [0.4, 0.5) is 5.69 Å². The van der Waals surface area contributed by atoms with Gasteiger partial charge in [0.15, 0.2) is 5.11 Å². The Labute approximate surface area is 108 Å². The molecule has 0 saturated heterocycles. The van der Waals surface area contributed by atoms with Gasteiger partial charge in [-0.15, -0.1) is 0 Å². The molecule has 0 bridgehead atoms. The zero-order valence-corrected chi connectivity index (χ0v) is 12.0. The first kappa shape index (κ1) is 13.9. The van der Waals surface area contributed by atoms with Crippen molar-refractivity contribution in [2.75, 3.05) is 32.5 Å². The van der Waals surface area contributed by atoms with Crippen molar-refractivity contribution in [2.45, 2.75) is 13.8 Å². The summed E-state index contributed by atoms with van der Waals surface area (Å²) in [6, 6.07) is 0. The van der Waals surface area contributed by atoms with E-state index in [1.54, 1.807) is 0 Å². The maximum Gasteiger partial charge on any atom is 0.171 e. The summed E-state index contributed by atoms with van der Waals surface area (Å²) in [4.78, 5) is 1.40. The van der Waals surface area contributed by atoms with Crippen molar-refractivity contribution < 1.29 is 4.90 Å². The third-order valence-electron chi connectivity index (χ3n) is 2.66. The lowest BCUT2D eigenvalue weighted by Gasteiger charge is -2.12. The minimum Gasteiger partial charge on any atom is -0.357 e. The monoisotopic (exact) mass is 256 g/mol. The van der Waals surface area contributed by atoms with Gasteiger partial charge < -0.3 is 15.5 Å². The second-order valence-corrected chi connectivity index (χ2v) is 4.92. The highest BCUT2D eigenvalue weighted by atomic mass is 32.1. The molecule has 0 atom stereocenters. The molecule has 0 fully saturated rings. The predicted molar refractivity (Wildman–Crippen MR) is 74.6 cm³/mol. The first-order valence-electron chi connectivity index (χ1n) is 5.76. The molecule has 0 aliphatic rings. The summed E-state index contributed by atoms with van der Waals surface area (Å²) in [5.41, 5.74) is 3.06. The molecular formula is C11H22N5S+. The molecule has 6 heteroatoms. The number of nitrogens with zero attached hydrogens (tertiary/aromatic N) is 2. The summed E-state index contributed by atoms with van der Waals surface area (Å²) in [5.74, 6) is 0. The van der Waals surface area contributed by atoms with Crippen molar-refractivity contribution in [1.82, 2.24) is 15.1 Å². The summed E-state index contributed by atoms with van der Waals surface area (Å²) in [6.07, 6.45) is 0. The minimum absolute atomic E-state index is 0.658. The molecule has 0 aliphatic heterocycles. The van der Waals surface area contributed by atoms with E-state index < -0.39 is 0 Å². The van der Waals surface area contributed by atoms with Crippen LogP contribution in [0.15, 0.2) is 0 Å². The van der Waals surface area contributed by atoms with E-state index in [9.17, 15) is 0 Å². The summed E-state index contributed by atoms with van der Waals surface area (Å²) < 4.78 is 1.85. The Morgan fingerprint density at radius 1 is 1.41 bits per heavy atom. The number of anilines is 1. The normalized spacial score (nSPS) is 10.7. The fraction of sp³-hybridized carbons (Fsp3) is 0.636. The molecule has 1 aromatic heterocycles. The fourth-order valence-electron chi connectivity index (χ4n) is 1.54. The number of quaternary nitrogens is 1. The Kier molecular flexibility index (Phi) is 4.89. The predicted octanol–water partition coefficient (Wildman–Crippen LogP) is -0.532. The highest BCUT2D eigenvalue weighted by Crippen LogP contribution is 2.17. The van der Waals surface area contributed by atoms with Crippen molar-refractivity contribution in [3.63, 3.8) is 0 Å². The van der Waals surface area contributed by atoms with Crippen molar-refractivity contribution in [1.29, 1.82) is 0 Å². The van der Waals surface area contributed by atoms with Gasteiger partial charge in [-0.3, -0.25) is 4.68 Å². The molecule has 1 aromatic rings. The lowest BCUT2D eigenvalue weighted by Crippen LogP contribution is -3.06. The maximum absolute atomic E-state index is 5.25. The van der Waals surface area contributed by atoms with Crippen molar-refractivity contribution in [2.24, 2.45) is 7.05 Å². The minimum atomic E-state index is 0.658. The summed E-state index contributed by atoms with van der Waals surface area (Å²) in [7, 11) is 6.17. The Morgan fingerprint density at radius 3 is 2.53 bits per heavy atom. The lowest BCUT2D eigenvalue weighted by molar-refractivity contribution is -0.856. The van der Waals surface area contributed by atoms with Crippen LogP contribution in [0.3, 0.4) is 0 Å². The zero-order chi connectivity index (χ0) is 13.0. The average molecular weight is 256 g/mol. The highest BCUT2D eigenvalue weighted by molar-refractivity contribution is 7.80. The summed E-state index contributed by atoms with van der Waals surface area (Å²) in [6.45, 7) is 5.90. The molecule has 0 radical (unpaired) electrons. The first-order valence-corrected chi connectivity index (χ1v) is 6.16. The van der Waals surface area contributed by atoms with Crippen molar-refractivity contribution >= 4 is 23.0 Å². The van der Waals surface area contributed by atoms with Gasteiger partial charge in [0.25, 0.3) is 0 Å². The van der Waals surface area contributed by atoms with E-state index in [4.69, 9.17) is 12.2 Å². The van der Waals surface area contributed by atoms with E-state index in [2.05, 4.69) is 29.8 Å². The molecule has 1 heterocycles. The Bertz CT molecular complexity index is 397. The van der Waals surface area contributed by atoms with Crippen LogP contribution in [0.25, 0.3) is 0 Å². The maximum atomic E-state index is 5.25. The molecule has 5 nitrogen and oxygen atoms in total. The van der Waals surface area contributed by atoms with Crippen molar-refractivity contribution in [3.8, 4) is 0 Å². The van der Waals surface area contributed by atoms with E-state index in [1.807, 2.05) is 25.6 Å². The number of thiocarbonyl (C=S) groups is 1. The number of hydrogen-bond donors (Lipinski definition) is 3. The molecular weight excluding hydrogens is 234 g/mol. The van der Waals surface area contributed by atoms with Crippen LogP contribution in [0.1, 0.15) is 11.4 Å². The zero-order valence-electron chi connectivity index (χ0n) is 11.2. The van der Waals surface area contributed by atoms with E-state index in [0.717, 1.165) is 30.2 Å². The number of likely N-dealkylation sites (N-methyl/N-ethyl adjacent to an activating group) is 1. The van der Waals surface area contributed by atoms with Gasteiger partial charge in [0.2, 0.25) is 0 Å². The third-order valence-corrected chi connectivity index (χ3v) is 2.90. The Morgan fingerprint density at radius 2 is 2.06 bits per heavy atom. The van der Waals surface area contributed by atoms with Crippen LogP contribution in [-0.4, -0.2) is 42.1 Å². The third kappa shape index (κ3) is 3.98. The largest absolute Gasteiger partial charge is 0.357 e. The number of aryl methyl sites for hydroxylation is 2. The van der Waals surface area contributed by atoms with E-state index in [0.29, 0.717) is 5.11 Å². The molecule has 0 unspecified atom stereocenters. The Hall–Kier alpha value is -1.14. The smallest absolute Gasteiger partial charge is 0.171 e. The van der Waals surface area contributed by atoms with Gasteiger partial charge in [0, 0.05) is 7.05 Å². The van der Waals surface area contributed by atoms with Crippen LogP contribution >= 0.6 is 12.2 Å². The van der Waals surface area contributed by atoms with Gasteiger partial charge in [0.1, 0.15) is 0 Å². The Balaban J connectivity index is 2.51. The fourth-order valence-corrected chi connectivity index (χ4v) is 1.74. The molecule has 0 amide bonds. The van der Waals surface area contributed by atoms with Gasteiger partial charge in [-0.25, -0.2) is 0 Å². The van der Waals surface area contributed by atoms with E-state index >= 15 is 0 Å². The topological polar surface area (TPSA) is 46.3 Å². The molecule has 96 valence electrons. The average Bonchev–Trinajstić information content (AvgIpc) is 2.44. The van der Waals surface area contributed by atoms with Gasteiger partial charge >= 0.3 is 0 Å². The van der Waals surface area contributed by atoms with Crippen LogP contribution in [-0.2, 0) is 7.05 Å². The lowest BCUT2D eigenvalue weighted by atomic mass is 10.3. The van der Waals surface area contributed by atoms with Crippen LogP contribution in [0.2, 0.25) is 0 Å². The van der Waals surface area contributed by atoms with Crippen LogP contribution in [0, 0.1) is 13.8 Å². The van der Waals surface area contributed by atoms with Crippen LogP contribution in [0.5, 0.6) is 0 Å². The van der Waals surface area contributed by atoms with E-state index in [-0.39, 0.29) is 0 Å². The molecule has 0 aliphatic carbocycles. The molecule has 0 saturated carbocycles. The number of aromatic nitrogens is 2. The quantitative estimate of drug-likeness (QED) is 0.634. The number of nitrogens with one attached hydrogen (secondary N) is 3. The van der Waals surface area contributed by atoms with Crippen molar-refractivity contribution in [3.05, 3.63) is 11.4 Å². The van der Waals surface area contributed by atoms with Gasteiger partial charge in [0.05, 0.1) is 44.3 Å². The second kappa shape index (κ2) is 5.97. The second-order valence-electron chi connectivity index (χ2n) is 4.51. The SMILES string of the molecule is Cc1nn(C)c(C)c1NC(=S)NCC[NH+](C)C. The standard InChI is InChI=1S/C11H21N5S/c1-8-10(9(2)16(5)14-8)13-11(17)12-6-7-15(3)4/h6-7H2,1-5H3,(H2,12,13,17)/p+1.